The second-order valence-corrected chi connectivity index (χ2v) is 4.70. The first-order chi connectivity index (χ1) is 4.87. The molecule has 4 heteroatoms. The van der Waals surface area contributed by atoms with Gasteiger partial charge in [-0.05, 0) is 0 Å². The standard InChI is InChI=1S/C7H9F2NS/c1-7(2,3)11-6(9)5(8)4-10/h1-3H3/b6-5+. The first-order valence-electron chi connectivity index (χ1n) is 3.01. The van der Waals surface area contributed by atoms with Crippen LogP contribution in [0.15, 0.2) is 11.0 Å². The summed E-state index contributed by atoms with van der Waals surface area (Å²) >= 11 is 0.705. The van der Waals surface area contributed by atoms with E-state index in [0.29, 0.717) is 11.8 Å². The van der Waals surface area contributed by atoms with Crippen LogP contribution in [-0.2, 0) is 0 Å². The number of hydrogen-bond donors (Lipinski definition) is 0. The van der Waals surface area contributed by atoms with E-state index in [-0.39, 0.29) is 0 Å². The SMILES string of the molecule is CC(C)(C)S/C(F)=C(/F)C#N. The molecule has 0 fully saturated rings. The van der Waals surface area contributed by atoms with Gasteiger partial charge in [-0.15, -0.1) is 0 Å². The molecule has 0 aliphatic rings. The van der Waals surface area contributed by atoms with Crippen molar-refractivity contribution in [2.75, 3.05) is 0 Å². The maximum Gasteiger partial charge on any atom is 0.242 e. The van der Waals surface area contributed by atoms with Gasteiger partial charge in [0, 0.05) is 4.75 Å². The molecule has 0 aromatic heterocycles. The fourth-order valence-electron chi connectivity index (χ4n) is 0.358. The topological polar surface area (TPSA) is 23.8 Å². The molecule has 0 heterocycles. The van der Waals surface area contributed by atoms with Gasteiger partial charge in [-0.1, -0.05) is 32.5 Å². The van der Waals surface area contributed by atoms with E-state index in [1.54, 1.807) is 20.8 Å². The summed E-state index contributed by atoms with van der Waals surface area (Å²) in [6.45, 7) is 5.21. The minimum absolute atomic E-state index is 0.404. The molecule has 0 aliphatic heterocycles. The van der Waals surface area contributed by atoms with E-state index in [1.807, 2.05) is 0 Å². The molecule has 0 unspecified atom stereocenters. The maximum atomic E-state index is 12.5. The molecule has 0 rings (SSSR count). The molecule has 0 bridgehead atoms. The van der Waals surface area contributed by atoms with E-state index in [0.717, 1.165) is 6.07 Å². The van der Waals surface area contributed by atoms with Gasteiger partial charge in [-0.25, -0.2) is 0 Å². The van der Waals surface area contributed by atoms with Crippen molar-refractivity contribution in [3.8, 4) is 6.07 Å². The highest BCUT2D eigenvalue weighted by molar-refractivity contribution is 8.04. The van der Waals surface area contributed by atoms with Crippen molar-refractivity contribution in [1.82, 2.24) is 0 Å². The zero-order valence-electron chi connectivity index (χ0n) is 6.61. The van der Waals surface area contributed by atoms with Crippen LogP contribution in [0.1, 0.15) is 20.8 Å². The molecular weight excluding hydrogens is 168 g/mol. The Morgan fingerprint density at radius 1 is 1.36 bits per heavy atom. The van der Waals surface area contributed by atoms with Crippen LogP contribution in [0.4, 0.5) is 8.78 Å². The van der Waals surface area contributed by atoms with E-state index < -0.39 is 15.7 Å². The highest BCUT2D eigenvalue weighted by Gasteiger charge is 2.17. The average molecular weight is 177 g/mol. The number of thioether (sulfide) groups is 1. The molecule has 0 radical (unpaired) electrons. The van der Waals surface area contributed by atoms with Crippen molar-refractivity contribution in [3.63, 3.8) is 0 Å². The van der Waals surface area contributed by atoms with Crippen LogP contribution in [-0.4, -0.2) is 4.75 Å². The van der Waals surface area contributed by atoms with E-state index >= 15 is 0 Å². The third-order valence-corrected chi connectivity index (χ3v) is 1.64. The van der Waals surface area contributed by atoms with E-state index in [1.165, 1.54) is 0 Å². The summed E-state index contributed by atoms with van der Waals surface area (Å²) < 4.78 is 24.3. The van der Waals surface area contributed by atoms with Gasteiger partial charge < -0.3 is 0 Å². The van der Waals surface area contributed by atoms with Crippen molar-refractivity contribution >= 4 is 11.8 Å². The molecule has 0 aliphatic carbocycles. The van der Waals surface area contributed by atoms with Crippen LogP contribution >= 0.6 is 11.8 Å². The minimum Gasteiger partial charge on any atom is -0.195 e. The monoisotopic (exact) mass is 177 g/mol. The lowest BCUT2D eigenvalue weighted by Gasteiger charge is -2.14. The fourth-order valence-corrected chi connectivity index (χ4v) is 1.03. The number of nitrogens with zero attached hydrogens (tertiary/aromatic N) is 1. The van der Waals surface area contributed by atoms with Crippen LogP contribution in [0, 0.1) is 11.3 Å². The molecule has 0 spiro atoms. The summed E-state index contributed by atoms with van der Waals surface area (Å²) in [5.41, 5.74) is 0. The van der Waals surface area contributed by atoms with Crippen molar-refractivity contribution < 1.29 is 8.78 Å². The van der Waals surface area contributed by atoms with E-state index in [9.17, 15) is 8.78 Å². The van der Waals surface area contributed by atoms with Gasteiger partial charge in [0.1, 0.15) is 6.07 Å². The largest absolute Gasteiger partial charge is 0.242 e. The molecule has 0 atom stereocenters. The average Bonchev–Trinajstić information content (AvgIpc) is 1.82. The smallest absolute Gasteiger partial charge is 0.195 e. The highest BCUT2D eigenvalue weighted by atomic mass is 32.2. The Kier molecular flexibility index (Phi) is 3.53. The molecule has 0 aromatic rings. The molecule has 11 heavy (non-hydrogen) atoms. The molecule has 0 aromatic carbocycles. The first kappa shape index (κ1) is 10.4. The Balaban J connectivity index is 4.32. The number of rotatable bonds is 1. The Bertz CT molecular complexity index is 209. The summed E-state index contributed by atoms with van der Waals surface area (Å²) in [5.74, 6) is -1.34. The molecule has 0 saturated heterocycles. The summed E-state index contributed by atoms with van der Waals surface area (Å²) in [5, 5.41) is 6.92. The van der Waals surface area contributed by atoms with Crippen molar-refractivity contribution in [1.29, 1.82) is 5.26 Å². The van der Waals surface area contributed by atoms with Gasteiger partial charge in [-0.3, -0.25) is 0 Å². The lowest BCUT2D eigenvalue weighted by molar-refractivity contribution is 0.594. The number of hydrogen-bond acceptors (Lipinski definition) is 2. The van der Waals surface area contributed by atoms with E-state index in [4.69, 9.17) is 5.26 Å². The summed E-state index contributed by atoms with van der Waals surface area (Å²) in [7, 11) is 0. The Hall–Kier alpha value is -0.560. The van der Waals surface area contributed by atoms with Crippen LogP contribution in [0.2, 0.25) is 0 Å². The first-order valence-corrected chi connectivity index (χ1v) is 3.83. The highest BCUT2D eigenvalue weighted by Crippen LogP contribution is 2.33. The van der Waals surface area contributed by atoms with Crippen molar-refractivity contribution in [2.45, 2.75) is 25.5 Å². The number of halogens is 2. The van der Waals surface area contributed by atoms with Gasteiger partial charge in [0.2, 0.25) is 11.0 Å². The number of nitriles is 1. The van der Waals surface area contributed by atoms with Gasteiger partial charge in [-0.2, -0.15) is 14.0 Å². The third kappa shape index (κ3) is 4.79. The lowest BCUT2D eigenvalue weighted by atomic mass is 10.3. The molecule has 0 amide bonds. The second-order valence-electron chi connectivity index (χ2n) is 2.91. The quantitative estimate of drug-likeness (QED) is 0.574. The minimum atomic E-state index is -1.34. The van der Waals surface area contributed by atoms with Crippen LogP contribution in [0.3, 0.4) is 0 Å². The van der Waals surface area contributed by atoms with Gasteiger partial charge in [0.25, 0.3) is 0 Å². The Morgan fingerprint density at radius 3 is 2.09 bits per heavy atom. The van der Waals surface area contributed by atoms with Gasteiger partial charge >= 0.3 is 0 Å². The van der Waals surface area contributed by atoms with Gasteiger partial charge in [0.05, 0.1) is 0 Å². The van der Waals surface area contributed by atoms with Crippen molar-refractivity contribution in [2.24, 2.45) is 0 Å². The predicted octanol–water partition coefficient (Wildman–Crippen LogP) is 3.15. The summed E-state index contributed by atoms with van der Waals surface area (Å²) in [4.78, 5) is 0. The summed E-state index contributed by atoms with van der Waals surface area (Å²) in [6, 6.07) is 1.10. The lowest BCUT2D eigenvalue weighted by Crippen LogP contribution is -2.06. The van der Waals surface area contributed by atoms with E-state index in [2.05, 4.69) is 0 Å². The fraction of sp³-hybridized carbons (Fsp3) is 0.571. The predicted molar refractivity (Wildman–Crippen MR) is 42.2 cm³/mol. The molecule has 0 N–H and O–H groups in total. The third-order valence-electron chi connectivity index (χ3n) is 0.667. The summed E-state index contributed by atoms with van der Waals surface area (Å²) in [6.07, 6.45) is 0. The maximum absolute atomic E-state index is 12.5. The molecule has 0 saturated carbocycles. The molecule has 62 valence electrons. The van der Waals surface area contributed by atoms with Crippen molar-refractivity contribution in [3.05, 3.63) is 11.0 Å². The zero-order chi connectivity index (χ0) is 9.07. The normalized spacial score (nSPS) is 13.8. The Labute approximate surface area is 69.1 Å². The van der Waals surface area contributed by atoms with Crippen LogP contribution in [0.5, 0.6) is 0 Å². The number of allylic oxidation sites excluding steroid dienone is 1. The second kappa shape index (κ2) is 3.72. The molecular formula is C7H9F2NS. The molecule has 1 nitrogen and oxygen atoms in total. The van der Waals surface area contributed by atoms with Crippen LogP contribution in [0.25, 0.3) is 0 Å². The Morgan fingerprint density at radius 2 is 1.82 bits per heavy atom. The van der Waals surface area contributed by atoms with Crippen LogP contribution < -0.4 is 0 Å². The zero-order valence-corrected chi connectivity index (χ0v) is 7.43. The van der Waals surface area contributed by atoms with Gasteiger partial charge in [0.15, 0.2) is 0 Å².